The zero-order valence-electron chi connectivity index (χ0n) is 17.7. The molecule has 0 unspecified atom stereocenters. The summed E-state index contributed by atoms with van der Waals surface area (Å²) in [6, 6.07) is 0. The van der Waals surface area contributed by atoms with Gasteiger partial charge in [-0.3, -0.25) is 14.5 Å². The third kappa shape index (κ3) is 9.26. The van der Waals surface area contributed by atoms with E-state index in [9.17, 15) is 24.0 Å². The van der Waals surface area contributed by atoms with E-state index in [1.54, 1.807) is 41.5 Å². The molecule has 0 aliphatic carbocycles. The molecule has 1 rings (SSSR count). The van der Waals surface area contributed by atoms with Crippen LogP contribution in [0.1, 0.15) is 54.4 Å². The van der Waals surface area contributed by atoms with E-state index in [1.165, 1.54) is 0 Å². The zero-order chi connectivity index (χ0) is 22.4. The van der Waals surface area contributed by atoms with Gasteiger partial charge in [0.1, 0.15) is 17.7 Å². The van der Waals surface area contributed by atoms with E-state index in [4.69, 9.17) is 14.3 Å². The molecule has 0 bridgehead atoms. The van der Waals surface area contributed by atoms with Gasteiger partial charge in [-0.15, -0.1) is 5.06 Å². The molecule has 1 aliphatic heterocycles. The third-order valence-electron chi connectivity index (χ3n) is 3.22. The van der Waals surface area contributed by atoms with Crippen molar-refractivity contribution >= 4 is 30.0 Å². The fourth-order valence-electron chi connectivity index (χ4n) is 2.11. The molecule has 11 nitrogen and oxygen atoms in total. The van der Waals surface area contributed by atoms with Crippen LogP contribution in [0.2, 0.25) is 0 Å². The molecule has 0 saturated carbocycles. The maximum absolute atomic E-state index is 12.4. The Labute approximate surface area is 169 Å². The van der Waals surface area contributed by atoms with E-state index in [2.05, 4.69) is 5.32 Å². The normalized spacial score (nSPS) is 14.5. The molecule has 4 amide bonds. The summed E-state index contributed by atoms with van der Waals surface area (Å²) < 4.78 is 10.3. The van der Waals surface area contributed by atoms with Gasteiger partial charge in [0.15, 0.2) is 0 Å². The summed E-state index contributed by atoms with van der Waals surface area (Å²) in [6.45, 7) is 9.38. The summed E-state index contributed by atoms with van der Waals surface area (Å²) in [5.41, 5.74) is -1.51. The molecule has 29 heavy (non-hydrogen) atoms. The van der Waals surface area contributed by atoms with Crippen LogP contribution in [0.25, 0.3) is 0 Å². The van der Waals surface area contributed by atoms with Gasteiger partial charge in [0.05, 0.1) is 0 Å². The Morgan fingerprint density at radius 2 is 1.48 bits per heavy atom. The molecule has 1 N–H and O–H groups in total. The van der Waals surface area contributed by atoms with Crippen molar-refractivity contribution in [2.45, 2.75) is 65.6 Å². The van der Waals surface area contributed by atoms with Crippen LogP contribution in [0.4, 0.5) is 9.59 Å². The second-order valence-electron chi connectivity index (χ2n) is 8.38. The minimum Gasteiger partial charge on any atom is -0.444 e. The number of ether oxygens (including phenoxy) is 2. The molecule has 0 spiro atoms. The standard InChI is InChI=1S/C18H29N3O8/c1-17(2,3)27-15(25)19-9-10-20(16(26)28-18(4,5)6)11-14(24)29-21-12(22)7-8-13(21)23/h7-11H2,1-6H3,(H,19,25). The second kappa shape index (κ2) is 9.57. The molecule has 0 aromatic rings. The van der Waals surface area contributed by atoms with E-state index >= 15 is 0 Å². The van der Waals surface area contributed by atoms with Crippen LogP contribution < -0.4 is 5.32 Å². The first-order valence-electron chi connectivity index (χ1n) is 9.19. The number of amides is 4. The van der Waals surface area contributed by atoms with Gasteiger partial charge in [-0.05, 0) is 41.5 Å². The summed E-state index contributed by atoms with van der Waals surface area (Å²) in [7, 11) is 0. The van der Waals surface area contributed by atoms with Gasteiger partial charge in [-0.25, -0.2) is 14.4 Å². The fraction of sp³-hybridized carbons (Fsp3) is 0.722. The number of nitrogens with one attached hydrogen (secondary N) is 1. The molecule has 0 atom stereocenters. The Kier molecular flexibility index (Phi) is 7.98. The summed E-state index contributed by atoms with van der Waals surface area (Å²) in [5, 5.41) is 2.86. The molecule has 1 fully saturated rings. The molecule has 11 heteroatoms. The zero-order valence-corrected chi connectivity index (χ0v) is 17.7. The number of imide groups is 1. The second-order valence-corrected chi connectivity index (χ2v) is 8.38. The van der Waals surface area contributed by atoms with Crippen LogP contribution >= 0.6 is 0 Å². The van der Waals surface area contributed by atoms with Gasteiger partial charge in [-0.1, -0.05) is 0 Å². The number of alkyl carbamates (subject to hydrolysis) is 1. The highest BCUT2D eigenvalue weighted by molar-refractivity contribution is 6.01. The number of hydrogen-bond acceptors (Lipinski definition) is 8. The highest BCUT2D eigenvalue weighted by Crippen LogP contribution is 2.13. The lowest BCUT2D eigenvalue weighted by Crippen LogP contribution is -2.46. The quantitative estimate of drug-likeness (QED) is 0.643. The predicted octanol–water partition coefficient (Wildman–Crippen LogP) is 1.36. The first-order chi connectivity index (χ1) is 13.2. The largest absolute Gasteiger partial charge is 0.444 e. The summed E-state index contributed by atoms with van der Waals surface area (Å²) in [5.74, 6) is -2.24. The van der Waals surface area contributed by atoms with Crippen molar-refractivity contribution in [3.05, 3.63) is 0 Å². The summed E-state index contributed by atoms with van der Waals surface area (Å²) >= 11 is 0. The van der Waals surface area contributed by atoms with Crippen molar-refractivity contribution in [1.82, 2.24) is 15.3 Å². The molecule has 164 valence electrons. The molecule has 1 heterocycles. The first-order valence-corrected chi connectivity index (χ1v) is 9.19. The smallest absolute Gasteiger partial charge is 0.410 e. The molecule has 1 saturated heterocycles. The molecule has 0 aromatic heterocycles. The van der Waals surface area contributed by atoms with Gasteiger partial charge in [0.25, 0.3) is 11.8 Å². The van der Waals surface area contributed by atoms with Crippen LogP contribution in [0.15, 0.2) is 0 Å². The van der Waals surface area contributed by atoms with E-state index < -0.39 is 47.7 Å². The van der Waals surface area contributed by atoms with Crippen molar-refractivity contribution in [3.8, 4) is 0 Å². The maximum Gasteiger partial charge on any atom is 0.410 e. The minimum absolute atomic E-state index is 0.0248. The average Bonchev–Trinajstić information content (AvgIpc) is 2.82. The van der Waals surface area contributed by atoms with Gasteiger partial charge < -0.3 is 19.6 Å². The third-order valence-corrected chi connectivity index (χ3v) is 3.22. The maximum atomic E-state index is 12.4. The van der Waals surface area contributed by atoms with Crippen molar-refractivity contribution in [1.29, 1.82) is 0 Å². The first kappa shape index (κ1) is 24.2. The predicted molar refractivity (Wildman–Crippen MR) is 99.2 cm³/mol. The van der Waals surface area contributed by atoms with Gasteiger partial charge in [-0.2, -0.15) is 0 Å². The lowest BCUT2D eigenvalue weighted by molar-refractivity contribution is -0.197. The topological polar surface area (TPSA) is 132 Å². The number of nitrogens with zero attached hydrogens (tertiary/aromatic N) is 2. The number of rotatable bonds is 6. The molecular formula is C18H29N3O8. The Balaban J connectivity index is 2.69. The molecular weight excluding hydrogens is 386 g/mol. The molecule has 0 aromatic carbocycles. The van der Waals surface area contributed by atoms with Gasteiger partial charge in [0.2, 0.25) is 0 Å². The van der Waals surface area contributed by atoms with Gasteiger partial charge in [0, 0.05) is 25.9 Å². The van der Waals surface area contributed by atoms with E-state index in [-0.39, 0.29) is 25.9 Å². The van der Waals surface area contributed by atoms with E-state index in [1.807, 2.05) is 0 Å². The number of hydroxylamine groups is 2. The Morgan fingerprint density at radius 1 is 0.966 bits per heavy atom. The monoisotopic (exact) mass is 415 g/mol. The Hall–Kier alpha value is -2.85. The van der Waals surface area contributed by atoms with Crippen LogP contribution in [-0.4, -0.2) is 70.8 Å². The van der Waals surface area contributed by atoms with Crippen molar-refractivity contribution in [2.75, 3.05) is 19.6 Å². The Morgan fingerprint density at radius 3 is 1.97 bits per heavy atom. The van der Waals surface area contributed by atoms with E-state index in [0.717, 1.165) is 4.90 Å². The molecule has 0 radical (unpaired) electrons. The summed E-state index contributed by atoms with van der Waals surface area (Å²) in [4.78, 5) is 65.1. The fourth-order valence-corrected chi connectivity index (χ4v) is 2.11. The SMILES string of the molecule is CC(C)(C)OC(=O)NCCN(CC(=O)ON1C(=O)CCC1=O)C(=O)OC(C)(C)C. The summed E-state index contributed by atoms with van der Waals surface area (Å²) in [6.07, 6.45) is -1.58. The lowest BCUT2D eigenvalue weighted by atomic mass is 10.2. The molecule has 1 aliphatic rings. The van der Waals surface area contributed by atoms with Crippen LogP contribution in [0, 0.1) is 0 Å². The van der Waals surface area contributed by atoms with E-state index in [0.29, 0.717) is 5.06 Å². The average molecular weight is 415 g/mol. The highest BCUT2D eigenvalue weighted by Gasteiger charge is 2.34. The van der Waals surface area contributed by atoms with Crippen molar-refractivity contribution in [2.24, 2.45) is 0 Å². The number of carbonyl (C=O) groups is 5. The van der Waals surface area contributed by atoms with Crippen molar-refractivity contribution < 1.29 is 38.3 Å². The van der Waals surface area contributed by atoms with Gasteiger partial charge >= 0.3 is 18.2 Å². The van der Waals surface area contributed by atoms with Crippen LogP contribution in [-0.2, 0) is 28.7 Å². The van der Waals surface area contributed by atoms with Crippen molar-refractivity contribution in [3.63, 3.8) is 0 Å². The number of carbonyl (C=O) groups excluding carboxylic acids is 5. The highest BCUT2D eigenvalue weighted by atomic mass is 16.7. The number of hydrogen-bond donors (Lipinski definition) is 1. The van der Waals surface area contributed by atoms with Crippen LogP contribution in [0.3, 0.4) is 0 Å². The minimum atomic E-state index is -0.989. The lowest BCUT2D eigenvalue weighted by Gasteiger charge is -2.27. The van der Waals surface area contributed by atoms with Crippen LogP contribution in [0.5, 0.6) is 0 Å². The Bertz CT molecular complexity index is 647.